The molecule has 2 nitrogen and oxygen atoms in total. The van der Waals surface area contributed by atoms with Crippen LogP contribution in [0, 0.1) is 0 Å². The molecule has 2 N–H and O–H groups in total. The predicted octanol–water partition coefficient (Wildman–Crippen LogP) is 2.33. The Kier molecular flexibility index (Phi) is 1.45. The monoisotopic (exact) mass is 184 g/mol. The zero-order valence-electron chi connectivity index (χ0n) is 8.04. The summed E-state index contributed by atoms with van der Waals surface area (Å²) in [5.74, 6) is 0. The number of rotatable bonds is 0. The molecule has 0 fully saturated rings. The van der Waals surface area contributed by atoms with E-state index in [1.807, 2.05) is 6.20 Å². The Morgan fingerprint density at radius 1 is 1.21 bits per heavy atom. The van der Waals surface area contributed by atoms with E-state index in [0.717, 1.165) is 0 Å². The SMILES string of the molecule is CC1=CNC2Nc3ccccc3C2=C1. The lowest BCUT2D eigenvalue weighted by molar-refractivity contribution is 0.803. The summed E-state index contributed by atoms with van der Waals surface area (Å²) in [7, 11) is 0. The minimum atomic E-state index is 0.260. The molecule has 3 rings (SSSR count). The van der Waals surface area contributed by atoms with Gasteiger partial charge in [-0.3, -0.25) is 0 Å². The van der Waals surface area contributed by atoms with E-state index in [2.05, 4.69) is 47.9 Å². The maximum Gasteiger partial charge on any atom is 0.123 e. The van der Waals surface area contributed by atoms with E-state index in [4.69, 9.17) is 0 Å². The molecule has 0 radical (unpaired) electrons. The molecule has 1 aromatic carbocycles. The molecular formula is C12H12N2. The van der Waals surface area contributed by atoms with Crippen LogP contribution in [-0.4, -0.2) is 6.17 Å². The molecule has 14 heavy (non-hydrogen) atoms. The first-order chi connectivity index (χ1) is 6.84. The van der Waals surface area contributed by atoms with Gasteiger partial charge in [-0.05, 0) is 18.6 Å². The molecule has 2 aliphatic heterocycles. The molecule has 0 aliphatic carbocycles. The fraction of sp³-hybridized carbons (Fsp3) is 0.167. The highest BCUT2D eigenvalue weighted by molar-refractivity contribution is 5.88. The highest BCUT2D eigenvalue weighted by Gasteiger charge is 2.26. The van der Waals surface area contributed by atoms with E-state index < -0.39 is 0 Å². The molecule has 1 unspecified atom stereocenters. The lowest BCUT2D eigenvalue weighted by Gasteiger charge is -2.18. The van der Waals surface area contributed by atoms with Crippen LogP contribution in [0.5, 0.6) is 0 Å². The van der Waals surface area contributed by atoms with Crippen molar-refractivity contribution in [2.75, 3.05) is 5.32 Å². The molecule has 1 atom stereocenters. The van der Waals surface area contributed by atoms with E-state index in [9.17, 15) is 0 Å². The highest BCUT2D eigenvalue weighted by atomic mass is 15.1. The Balaban J connectivity index is 2.15. The van der Waals surface area contributed by atoms with Gasteiger partial charge in [0.15, 0.2) is 0 Å². The second-order valence-corrected chi connectivity index (χ2v) is 3.78. The van der Waals surface area contributed by atoms with Crippen molar-refractivity contribution >= 4 is 11.3 Å². The maximum absolute atomic E-state index is 3.43. The van der Waals surface area contributed by atoms with E-state index in [1.165, 1.54) is 22.4 Å². The van der Waals surface area contributed by atoms with E-state index in [1.54, 1.807) is 0 Å². The van der Waals surface area contributed by atoms with Gasteiger partial charge in [0.05, 0.1) is 0 Å². The predicted molar refractivity (Wildman–Crippen MR) is 58.7 cm³/mol. The van der Waals surface area contributed by atoms with Crippen LogP contribution in [0.4, 0.5) is 5.69 Å². The van der Waals surface area contributed by atoms with Crippen molar-refractivity contribution in [2.45, 2.75) is 13.1 Å². The quantitative estimate of drug-likeness (QED) is 0.646. The van der Waals surface area contributed by atoms with Crippen molar-refractivity contribution in [3.8, 4) is 0 Å². The van der Waals surface area contributed by atoms with Crippen molar-refractivity contribution in [3.63, 3.8) is 0 Å². The Morgan fingerprint density at radius 3 is 3.00 bits per heavy atom. The Labute approximate surface area is 83.3 Å². The highest BCUT2D eigenvalue weighted by Crippen LogP contribution is 2.35. The van der Waals surface area contributed by atoms with Gasteiger partial charge in [0.25, 0.3) is 0 Å². The summed E-state index contributed by atoms with van der Waals surface area (Å²) in [4.78, 5) is 0. The second kappa shape index (κ2) is 2.64. The Bertz CT molecular complexity index is 443. The van der Waals surface area contributed by atoms with Crippen molar-refractivity contribution in [2.24, 2.45) is 0 Å². The first-order valence-corrected chi connectivity index (χ1v) is 4.85. The average Bonchev–Trinajstić information content (AvgIpc) is 2.56. The smallest absolute Gasteiger partial charge is 0.123 e. The van der Waals surface area contributed by atoms with Gasteiger partial charge in [0.1, 0.15) is 6.17 Å². The normalized spacial score (nSPS) is 22.5. The summed E-state index contributed by atoms with van der Waals surface area (Å²) < 4.78 is 0. The van der Waals surface area contributed by atoms with Crippen molar-refractivity contribution in [1.82, 2.24) is 5.32 Å². The molecule has 0 aromatic heterocycles. The van der Waals surface area contributed by atoms with Crippen LogP contribution in [0.2, 0.25) is 0 Å². The minimum absolute atomic E-state index is 0.260. The number of anilines is 1. The number of nitrogens with one attached hydrogen (secondary N) is 2. The summed E-state index contributed by atoms with van der Waals surface area (Å²) >= 11 is 0. The van der Waals surface area contributed by atoms with Gasteiger partial charge in [-0.1, -0.05) is 24.3 Å². The fourth-order valence-corrected chi connectivity index (χ4v) is 2.04. The number of benzene rings is 1. The summed E-state index contributed by atoms with van der Waals surface area (Å²) in [6, 6.07) is 8.42. The lowest BCUT2D eigenvalue weighted by Crippen LogP contribution is -2.31. The minimum Gasteiger partial charge on any atom is -0.367 e. The van der Waals surface area contributed by atoms with Crippen LogP contribution < -0.4 is 10.6 Å². The average molecular weight is 184 g/mol. The van der Waals surface area contributed by atoms with Gasteiger partial charge >= 0.3 is 0 Å². The molecule has 0 bridgehead atoms. The largest absolute Gasteiger partial charge is 0.367 e. The van der Waals surface area contributed by atoms with Gasteiger partial charge in [0, 0.05) is 23.0 Å². The van der Waals surface area contributed by atoms with Gasteiger partial charge in [0.2, 0.25) is 0 Å². The van der Waals surface area contributed by atoms with Crippen LogP contribution >= 0.6 is 0 Å². The number of dihydropyridines is 1. The zero-order chi connectivity index (χ0) is 9.54. The molecule has 0 amide bonds. The molecule has 0 saturated carbocycles. The maximum atomic E-state index is 3.43. The number of allylic oxidation sites excluding steroid dienone is 2. The summed E-state index contributed by atoms with van der Waals surface area (Å²) in [5, 5.41) is 6.77. The Hall–Kier alpha value is -1.70. The molecule has 1 aromatic rings. The molecular weight excluding hydrogens is 172 g/mol. The summed E-state index contributed by atoms with van der Waals surface area (Å²) in [6.45, 7) is 2.11. The van der Waals surface area contributed by atoms with Crippen LogP contribution in [0.15, 0.2) is 42.1 Å². The van der Waals surface area contributed by atoms with Gasteiger partial charge in [-0.15, -0.1) is 0 Å². The number of para-hydroxylation sites is 1. The molecule has 2 aliphatic rings. The third-order valence-corrected chi connectivity index (χ3v) is 2.71. The number of hydrogen-bond donors (Lipinski definition) is 2. The van der Waals surface area contributed by atoms with Gasteiger partial charge in [-0.25, -0.2) is 0 Å². The first-order valence-electron chi connectivity index (χ1n) is 4.85. The van der Waals surface area contributed by atoms with Gasteiger partial charge < -0.3 is 10.6 Å². The molecule has 70 valence electrons. The number of fused-ring (bicyclic) bond motifs is 3. The standard InChI is InChI=1S/C12H12N2/c1-8-6-10-9-4-2-3-5-11(9)14-12(10)13-7-8/h2-7,12-14H,1H3. The van der Waals surface area contributed by atoms with Gasteiger partial charge in [-0.2, -0.15) is 0 Å². The van der Waals surface area contributed by atoms with Crippen LogP contribution in [0.3, 0.4) is 0 Å². The first kappa shape index (κ1) is 7.68. The van der Waals surface area contributed by atoms with Crippen molar-refractivity contribution in [1.29, 1.82) is 0 Å². The molecule has 0 spiro atoms. The summed E-state index contributed by atoms with van der Waals surface area (Å²) in [5.41, 5.74) is 5.16. The fourth-order valence-electron chi connectivity index (χ4n) is 2.04. The van der Waals surface area contributed by atoms with Crippen LogP contribution in [0.1, 0.15) is 12.5 Å². The van der Waals surface area contributed by atoms with E-state index in [-0.39, 0.29) is 6.17 Å². The van der Waals surface area contributed by atoms with Crippen molar-refractivity contribution < 1.29 is 0 Å². The van der Waals surface area contributed by atoms with Crippen LogP contribution in [0.25, 0.3) is 5.57 Å². The zero-order valence-corrected chi connectivity index (χ0v) is 8.04. The molecule has 0 saturated heterocycles. The van der Waals surface area contributed by atoms with Crippen molar-refractivity contribution in [3.05, 3.63) is 47.7 Å². The number of hydrogen-bond acceptors (Lipinski definition) is 2. The third-order valence-electron chi connectivity index (χ3n) is 2.71. The Morgan fingerprint density at radius 2 is 2.07 bits per heavy atom. The molecule has 2 heteroatoms. The topological polar surface area (TPSA) is 24.1 Å². The summed E-state index contributed by atoms with van der Waals surface area (Å²) in [6.07, 6.45) is 4.55. The third kappa shape index (κ3) is 0.970. The van der Waals surface area contributed by atoms with E-state index >= 15 is 0 Å². The van der Waals surface area contributed by atoms with Crippen LogP contribution in [-0.2, 0) is 0 Å². The molecule has 2 heterocycles. The van der Waals surface area contributed by atoms with E-state index in [0.29, 0.717) is 0 Å². The second-order valence-electron chi connectivity index (χ2n) is 3.78. The lowest BCUT2D eigenvalue weighted by atomic mass is 10.0.